The number of hydrazine groups is 1. The zero-order valence-corrected chi connectivity index (χ0v) is 19.9. The van der Waals surface area contributed by atoms with E-state index in [1.807, 2.05) is 0 Å². The quantitative estimate of drug-likeness (QED) is 0.119. The summed E-state index contributed by atoms with van der Waals surface area (Å²) in [4.78, 5) is 26.3. The highest BCUT2D eigenvalue weighted by Gasteiger charge is 2.38. The average Bonchev–Trinajstić information content (AvgIpc) is 3.26. The van der Waals surface area contributed by atoms with Gasteiger partial charge in [-0.3, -0.25) is 15.4 Å². The molecule has 0 aliphatic heterocycles. The Bertz CT molecular complexity index is 1320. The smallest absolute Gasteiger partial charge is 0.324 e. The number of hydrogen-bond acceptors (Lipinski definition) is 5. The van der Waals surface area contributed by atoms with E-state index in [-0.39, 0.29) is 7.43 Å². The first-order chi connectivity index (χ1) is 17.6. The second-order valence-electron chi connectivity index (χ2n) is 7.31. The lowest BCUT2D eigenvalue weighted by Crippen LogP contribution is -2.24. The Hall–Kier alpha value is -4.69. The van der Waals surface area contributed by atoms with Crippen LogP contribution in [0.2, 0.25) is 0 Å². The highest BCUT2D eigenvalue weighted by atomic mass is 19.4. The van der Waals surface area contributed by atoms with E-state index in [0.717, 1.165) is 18.7 Å². The Balaban J connectivity index is 0.000000593. The summed E-state index contributed by atoms with van der Waals surface area (Å²) in [7, 11) is 0. The molecule has 39 heavy (non-hydrogen) atoms. The van der Waals surface area contributed by atoms with E-state index in [0.29, 0.717) is 22.8 Å². The molecule has 3 aromatic rings. The predicted octanol–water partition coefficient (Wildman–Crippen LogP) is 7.01. The van der Waals surface area contributed by atoms with Crippen molar-refractivity contribution in [2.45, 2.75) is 40.0 Å². The monoisotopic (exact) mass is 554 g/mol. The van der Waals surface area contributed by atoms with Crippen molar-refractivity contribution in [2.75, 3.05) is 5.43 Å². The third-order valence-electron chi connectivity index (χ3n) is 4.29. The van der Waals surface area contributed by atoms with Crippen LogP contribution in [0.5, 0.6) is 0 Å². The first-order valence-electron chi connectivity index (χ1n) is 10.3. The number of alkyl halides is 6. The van der Waals surface area contributed by atoms with Crippen molar-refractivity contribution in [3.63, 3.8) is 0 Å². The molecule has 0 aliphatic carbocycles. The Morgan fingerprint density at radius 2 is 1.41 bits per heavy atom. The number of nitrogens with zero attached hydrogens (tertiary/aromatic N) is 4. The van der Waals surface area contributed by atoms with Gasteiger partial charge in [-0.1, -0.05) is 31.7 Å². The average molecular weight is 554 g/mol. The van der Waals surface area contributed by atoms with Crippen molar-refractivity contribution >= 4 is 28.6 Å². The van der Waals surface area contributed by atoms with Gasteiger partial charge in [-0.05, 0) is 44.2 Å². The van der Waals surface area contributed by atoms with Crippen LogP contribution in [0.4, 0.5) is 43.4 Å². The highest BCUT2D eigenvalue weighted by molar-refractivity contribution is 6.00. The summed E-state index contributed by atoms with van der Waals surface area (Å²) in [5.41, 5.74) is 4.30. The number of aryl methyl sites for hydroxylation is 1. The van der Waals surface area contributed by atoms with Crippen LogP contribution in [0.15, 0.2) is 54.6 Å². The lowest BCUT2D eigenvalue weighted by atomic mass is 10.2. The van der Waals surface area contributed by atoms with Crippen LogP contribution in [0.25, 0.3) is 15.4 Å². The fourth-order valence-corrected chi connectivity index (χ4v) is 2.50. The van der Waals surface area contributed by atoms with Crippen molar-refractivity contribution < 1.29 is 35.9 Å². The van der Waals surface area contributed by atoms with E-state index in [1.54, 1.807) is 43.3 Å². The third-order valence-corrected chi connectivity index (χ3v) is 4.29. The molecule has 1 heterocycles. The van der Waals surface area contributed by atoms with Gasteiger partial charge in [0.2, 0.25) is 5.78 Å². The standard InChI is InChI=1S/C12H8F3N3.C7H7N3.C5H5F3O2.CH4/c1-8-7-11(12(13,14)15)17-18(8)10-5-3-9(16-2)4-6-10;1-9-6-2-4-7(10-8)5-3-6;1-3(9)2-4(10)5(6,7)8;/h3-7H,1H3;2-5,10H,8H2;2H2,1H3;1H4. The number of Topliss-reactive ketones (excluding diaryl/α,β-unsaturated/α-hetero) is 2. The molecule has 2 aromatic carbocycles. The molecular weight excluding hydrogens is 530 g/mol. The Morgan fingerprint density at radius 1 is 0.949 bits per heavy atom. The summed E-state index contributed by atoms with van der Waals surface area (Å²) in [5.74, 6) is 2.35. The largest absolute Gasteiger partial charge is 0.450 e. The predicted molar refractivity (Wildman–Crippen MR) is 133 cm³/mol. The fraction of sp³-hybridized carbons (Fsp3) is 0.240. The van der Waals surface area contributed by atoms with Crippen LogP contribution < -0.4 is 11.3 Å². The van der Waals surface area contributed by atoms with Crippen molar-refractivity contribution in [3.8, 4) is 5.69 Å². The van der Waals surface area contributed by atoms with Crippen LogP contribution in [0.1, 0.15) is 32.2 Å². The van der Waals surface area contributed by atoms with Gasteiger partial charge in [0.15, 0.2) is 17.1 Å². The summed E-state index contributed by atoms with van der Waals surface area (Å²) >= 11 is 0. The van der Waals surface area contributed by atoms with Crippen LogP contribution >= 0.6 is 0 Å². The second-order valence-corrected chi connectivity index (χ2v) is 7.31. The molecule has 0 atom stereocenters. The van der Waals surface area contributed by atoms with E-state index in [2.05, 4.69) is 20.2 Å². The molecule has 0 spiro atoms. The molecule has 0 unspecified atom stereocenters. The number of rotatable bonds is 4. The SMILES string of the molecule is C.CC(=O)CC(=O)C(F)(F)F.[C-]#[N+]c1ccc(-n2nc(C(F)(F)F)cc2C)cc1.[C-]#[N+]c1ccc(NN)cc1. The van der Waals surface area contributed by atoms with Gasteiger partial charge in [0.1, 0.15) is 5.78 Å². The van der Waals surface area contributed by atoms with Gasteiger partial charge < -0.3 is 5.43 Å². The maximum Gasteiger partial charge on any atom is 0.450 e. The molecule has 14 heteroatoms. The van der Waals surface area contributed by atoms with Gasteiger partial charge in [0, 0.05) is 11.4 Å². The van der Waals surface area contributed by atoms with E-state index in [1.165, 1.54) is 16.8 Å². The number of nitrogens with two attached hydrogens (primary N) is 1. The topological polar surface area (TPSA) is 98.7 Å². The maximum atomic E-state index is 12.5. The van der Waals surface area contributed by atoms with E-state index in [4.69, 9.17) is 19.0 Å². The molecule has 0 saturated heterocycles. The van der Waals surface area contributed by atoms with Crippen molar-refractivity contribution in [1.29, 1.82) is 0 Å². The number of hydrogen-bond donors (Lipinski definition) is 2. The number of carbonyl (C=O) groups is 2. The lowest BCUT2D eigenvalue weighted by Gasteiger charge is -2.04. The normalized spacial score (nSPS) is 10.2. The molecule has 0 bridgehead atoms. The third kappa shape index (κ3) is 11.5. The number of nitrogens with one attached hydrogen (secondary N) is 1. The fourth-order valence-electron chi connectivity index (χ4n) is 2.50. The Kier molecular flexibility index (Phi) is 13.1. The van der Waals surface area contributed by atoms with E-state index >= 15 is 0 Å². The number of halogens is 6. The number of benzene rings is 2. The summed E-state index contributed by atoms with van der Waals surface area (Å²) in [6.07, 6.45) is -10.4. The van der Waals surface area contributed by atoms with Gasteiger partial charge in [0.05, 0.1) is 25.3 Å². The minimum Gasteiger partial charge on any atom is -0.324 e. The molecule has 3 rings (SSSR count). The minimum atomic E-state index is -4.87. The van der Waals surface area contributed by atoms with E-state index < -0.39 is 36.0 Å². The van der Waals surface area contributed by atoms with Crippen LogP contribution in [-0.4, -0.2) is 27.5 Å². The molecule has 0 amide bonds. The number of carbonyl (C=O) groups excluding carboxylic acids is 2. The van der Waals surface area contributed by atoms with Crippen LogP contribution in [0.3, 0.4) is 0 Å². The minimum absolute atomic E-state index is 0. The molecule has 1 aromatic heterocycles. The number of ketones is 2. The summed E-state index contributed by atoms with van der Waals surface area (Å²) in [5, 5.41) is 3.52. The summed E-state index contributed by atoms with van der Waals surface area (Å²) in [6.45, 7) is 15.9. The first-order valence-corrected chi connectivity index (χ1v) is 10.3. The van der Waals surface area contributed by atoms with E-state index in [9.17, 15) is 35.9 Å². The molecule has 0 aliphatic rings. The van der Waals surface area contributed by atoms with Gasteiger partial charge >= 0.3 is 12.4 Å². The zero-order valence-electron chi connectivity index (χ0n) is 19.9. The van der Waals surface area contributed by atoms with Gasteiger partial charge in [-0.25, -0.2) is 14.4 Å². The highest BCUT2D eigenvalue weighted by Crippen LogP contribution is 2.29. The van der Waals surface area contributed by atoms with Crippen molar-refractivity contribution in [3.05, 3.63) is 88.8 Å². The van der Waals surface area contributed by atoms with Gasteiger partial charge in [0.25, 0.3) is 0 Å². The Labute approximate surface area is 220 Å². The number of nitrogen functional groups attached to an aromatic ring is 1. The first kappa shape index (κ1) is 34.3. The molecule has 0 fully saturated rings. The Morgan fingerprint density at radius 3 is 1.72 bits per heavy atom. The number of aromatic nitrogens is 2. The van der Waals surface area contributed by atoms with Crippen molar-refractivity contribution in [2.24, 2.45) is 5.84 Å². The van der Waals surface area contributed by atoms with Crippen LogP contribution in [0, 0.1) is 20.1 Å². The lowest BCUT2D eigenvalue weighted by molar-refractivity contribution is -0.171. The second kappa shape index (κ2) is 14.9. The van der Waals surface area contributed by atoms with Gasteiger partial charge in [-0.15, -0.1) is 0 Å². The maximum absolute atomic E-state index is 12.5. The molecule has 8 nitrogen and oxygen atoms in total. The molecule has 0 radical (unpaired) electrons. The summed E-state index contributed by atoms with van der Waals surface area (Å²) in [6, 6.07) is 14.1. The van der Waals surface area contributed by atoms with Gasteiger partial charge in [-0.2, -0.15) is 31.4 Å². The summed E-state index contributed by atoms with van der Waals surface area (Å²) < 4.78 is 72.6. The zero-order chi connectivity index (χ0) is 29.1. The molecular formula is C25H24F6N6O2. The van der Waals surface area contributed by atoms with Crippen LogP contribution in [-0.2, 0) is 15.8 Å². The molecule has 0 saturated carbocycles. The molecule has 3 N–H and O–H groups in total. The van der Waals surface area contributed by atoms with Crippen molar-refractivity contribution in [1.82, 2.24) is 9.78 Å². The number of anilines is 1. The molecule has 208 valence electrons.